The van der Waals surface area contributed by atoms with E-state index >= 15 is 0 Å². The lowest BCUT2D eigenvalue weighted by Gasteiger charge is -2.28. The molecule has 0 aromatic carbocycles. The Kier molecular flexibility index (Phi) is 8.22. The molecular weight excluding hydrogens is 528 g/mol. The maximum Gasteiger partial charge on any atom is 0.404 e. The van der Waals surface area contributed by atoms with Gasteiger partial charge in [-0.1, -0.05) is 11.6 Å². The zero-order chi connectivity index (χ0) is 26.5. The Morgan fingerprint density at radius 2 is 2.03 bits per heavy atom. The molecule has 1 aliphatic rings. The van der Waals surface area contributed by atoms with Gasteiger partial charge in [0, 0.05) is 24.0 Å². The van der Waals surface area contributed by atoms with Gasteiger partial charge in [-0.05, 0) is 25.1 Å². The van der Waals surface area contributed by atoms with Gasteiger partial charge in [-0.25, -0.2) is 23.5 Å². The smallest absolute Gasteiger partial charge is 0.404 e. The van der Waals surface area contributed by atoms with Crippen LogP contribution < -0.4 is 20.9 Å². The second kappa shape index (κ2) is 11.5. The van der Waals surface area contributed by atoms with Crippen molar-refractivity contribution < 1.29 is 23.4 Å². The molecule has 194 valence electrons. The van der Waals surface area contributed by atoms with Gasteiger partial charge >= 0.3 is 6.09 Å². The lowest BCUT2D eigenvalue weighted by Crippen LogP contribution is -2.39. The lowest BCUT2D eigenvalue weighted by molar-refractivity contribution is 0.122. The van der Waals surface area contributed by atoms with E-state index in [2.05, 4.69) is 25.9 Å². The Bertz CT molecular complexity index is 1330. The molecule has 0 saturated carbocycles. The Morgan fingerprint density at radius 1 is 1.27 bits per heavy atom. The molecule has 1 fully saturated rings. The van der Waals surface area contributed by atoms with Crippen LogP contribution in [-0.2, 0) is 4.74 Å². The predicted molar refractivity (Wildman–Crippen MR) is 136 cm³/mol. The molecule has 10 nitrogen and oxygen atoms in total. The number of aromatic nitrogens is 2. The minimum absolute atomic E-state index is 0.0338. The summed E-state index contributed by atoms with van der Waals surface area (Å²) in [7, 11) is 0. The topological polar surface area (TPSA) is 135 Å². The van der Waals surface area contributed by atoms with Gasteiger partial charge in [-0.2, -0.15) is 5.26 Å². The third-order valence-corrected chi connectivity index (χ3v) is 6.85. The number of nitrogens with zero attached hydrogens (tertiary/aromatic N) is 4. The number of pyridine rings is 2. The molecule has 0 radical (unpaired) electrons. The van der Waals surface area contributed by atoms with Crippen molar-refractivity contribution in [1.82, 2.24) is 15.3 Å². The summed E-state index contributed by atoms with van der Waals surface area (Å²) < 4.78 is 35.5. The number of rotatable bonds is 8. The second-order valence-electron chi connectivity index (χ2n) is 8.08. The fourth-order valence-corrected chi connectivity index (χ4v) is 5.00. The average molecular weight is 550 g/mol. The highest BCUT2D eigenvalue weighted by Crippen LogP contribution is 2.33. The predicted octanol–water partition coefficient (Wildman–Crippen LogP) is 4.73. The summed E-state index contributed by atoms with van der Waals surface area (Å²) >= 11 is 7.25. The van der Waals surface area contributed by atoms with Crippen LogP contribution in [0.15, 0.2) is 30.5 Å². The number of carboxylic acid groups (broad SMARTS) is 1. The largest absolute Gasteiger partial charge is 0.465 e. The number of anilines is 4. The molecule has 4 N–H and O–H groups in total. The first-order valence-electron chi connectivity index (χ1n) is 11.1. The van der Waals surface area contributed by atoms with Crippen LogP contribution in [0.25, 0.3) is 0 Å². The first-order chi connectivity index (χ1) is 17.7. The fourth-order valence-electron chi connectivity index (χ4n) is 3.78. The van der Waals surface area contributed by atoms with Crippen LogP contribution in [0.1, 0.15) is 23.4 Å². The van der Waals surface area contributed by atoms with Crippen molar-refractivity contribution in [3.05, 3.63) is 56.9 Å². The van der Waals surface area contributed by atoms with E-state index in [-0.39, 0.29) is 28.7 Å². The van der Waals surface area contributed by atoms with Crippen molar-refractivity contribution >= 4 is 52.2 Å². The molecule has 14 heteroatoms. The molecule has 4 heterocycles. The molecular formula is C23H22ClF2N7O3S. The normalized spacial score (nSPS) is 14.9. The second-order valence-corrected chi connectivity index (χ2v) is 9.83. The lowest BCUT2D eigenvalue weighted by atomic mass is 10.1. The molecule has 3 aromatic rings. The van der Waals surface area contributed by atoms with E-state index in [1.54, 1.807) is 24.0 Å². The molecule has 1 saturated heterocycles. The summed E-state index contributed by atoms with van der Waals surface area (Å²) in [4.78, 5) is 22.0. The molecule has 0 unspecified atom stereocenters. The van der Waals surface area contributed by atoms with Gasteiger partial charge in [0.1, 0.15) is 6.07 Å². The molecule has 0 spiro atoms. The zero-order valence-electron chi connectivity index (χ0n) is 19.5. The summed E-state index contributed by atoms with van der Waals surface area (Å²) in [6.45, 7) is 3.57. The maximum absolute atomic E-state index is 14.9. The highest BCUT2D eigenvalue weighted by Gasteiger charge is 2.25. The van der Waals surface area contributed by atoms with Crippen LogP contribution in [0.5, 0.6) is 0 Å². The summed E-state index contributed by atoms with van der Waals surface area (Å²) in [5, 5.41) is 26.8. The molecule has 1 amide bonds. The summed E-state index contributed by atoms with van der Waals surface area (Å²) in [6.07, 6.45) is 0.135. The van der Waals surface area contributed by atoms with Crippen molar-refractivity contribution in [1.29, 1.82) is 5.26 Å². The van der Waals surface area contributed by atoms with Crippen LogP contribution in [0.3, 0.4) is 0 Å². The van der Waals surface area contributed by atoms with Crippen molar-refractivity contribution in [2.24, 2.45) is 0 Å². The molecule has 1 aliphatic heterocycles. The average Bonchev–Trinajstić information content (AvgIpc) is 3.29. The SMILES string of the molecule is C[C@H](NC(=O)O)[C@H](Nc1nc(Nc2cnc(N3CCOCC3)c(F)c2)c(C#N)cc1F)c1ccc(Cl)s1. The van der Waals surface area contributed by atoms with Crippen molar-refractivity contribution in [3.8, 4) is 6.07 Å². The quantitative estimate of drug-likeness (QED) is 0.314. The van der Waals surface area contributed by atoms with E-state index in [9.17, 15) is 18.8 Å². The molecule has 0 bridgehead atoms. The number of ether oxygens (including phenoxy) is 1. The molecule has 2 atom stereocenters. The van der Waals surface area contributed by atoms with Crippen LogP contribution in [0.4, 0.5) is 36.7 Å². The standard InChI is InChI=1S/C23H22ClF2N7O3S/c1-12(29-23(34)35)19(17-2-3-18(24)37-17)31-21-15(25)8-13(10-27)20(32-21)30-14-9-16(26)22(28-11-14)33-4-6-36-7-5-33/h2-3,8-9,11-12,19,29H,4-7H2,1H3,(H,34,35)(H2,30,31,32)/t12-,19-/m0/s1. The highest BCUT2D eigenvalue weighted by atomic mass is 35.5. The van der Waals surface area contributed by atoms with Crippen LogP contribution in [-0.4, -0.2) is 53.5 Å². The number of morpholine rings is 1. The van der Waals surface area contributed by atoms with Gasteiger partial charge in [0.05, 0.1) is 47.1 Å². The fraction of sp³-hybridized carbons (Fsp3) is 0.304. The van der Waals surface area contributed by atoms with Gasteiger partial charge in [0.15, 0.2) is 29.1 Å². The number of thiophene rings is 1. The van der Waals surface area contributed by atoms with Gasteiger partial charge in [0.2, 0.25) is 0 Å². The summed E-state index contributed by atoms with van der Waals surface area (Å²) in [5.74, 6) is -1.50. The first-order valence-corrected chi connectivity index (χ1v) is 12.3. The Hall–Kier alpha value is -3.73. The number of carbonyl (C=O) groups is 1. The van der Waals surface area contributed by atoms with Crippen LogP contribution >= 0.6 is 22.9 Å². The van der Waals surface area contributed by atoms with Gasteiger partial charge in [-0.15, -0.1) is 11.3 Å². The highest BCUT2D eigenvalue weighted by molar-refractivity contribution is 7.16. The third-order valence-electron chi connectivity index (χ3n) is 5.54. The third kappa shape index (κ3) is 6.34. The van der Waals surface area contributed by atoms with Gasteiger partial charge < -0.3 is 30.7 Å². The van der Waals surface area contributed by atoms with E-state index in [1.807, 2.05) is 6.07 Å². The monoisotopic (exact) mass is 549 g/mol. The van der Waals surface area contributed by atoms with E-state index in [0.717, 1.165) is 6.07 Å². The number of amides is 1. The molecule has 37 heavy (non-hydrogen) atoms. The number of hydrogen-bond donors (Lipinski definition) is 4. The van der Waals surface area contributed by atoms with Crippen molar-refractivity contribution in [3.63, 3.8) is 0 Å². The number of hydrogen-bond acceptors (Lipinski definition) is 9. The minimum Gasteiger partial charge on any atom is -0.465 e. The van der Waals surface area contributed by atoms with Gasteiger partial charge in [0.25, 0.3) is 0 Å². The van der Waals surface area contributed by atoms with E-state index in [4.69, 9.17) is 21.4 Å². The number of halogens is 3. The Balaban J connectivity index is 1.62. The summed E-state index contributed by atoms with van der Waals surface area (Å²) in [6, 6.07) is 5.96. The molecule has 0 aliphatic carbocycles. The Labute approximate surface area is 219 Å². The zero-order valence-corrected chi connectivity index (χ0v) is 21.0. The van der Waals surface area contributed by atoms with E-state index in [0.29, 0.717) is 35.5 Å². The van der Waals surface area contributed by atoms with Crippen LogP contribution in [0.2, 0.25) is 4.34 Å². The van der Waals surface area contributed by atoms with E-state index in [1.165, 1.54) is 23.6 Å². The number of nitriles is 1. The van der Waals surface area contributed by atoms with Crippen molar-refractivity contribution in [2.75, 3.05) is 41.8 Å². The maximum atomic E-state index is 14.9. The minimum atomic E-state index is -1.26. The Morgan fingerprint density at radius 3 is 2.65 bits per heavy atom. The van der Waals surface area contributed by atoms with Crippen molar-refractivity contribution in [2.45, 2.75) is 19.0 Å². The first kappa shape index (κ1) is 26.3. The van der Waals surface area contributed by atoms with Gasteiger partial charge in [-0.3, -0.25) is 0 Å². The van der Waals surface area contributed by atoms with E-state index < -0.39 is 29.8 Å². The molecule has 4 rings (SSSR count). The molecule has 3 aromatic heterocycles. The van der Waals surface area contributed by atoms with Crippen LogP contribution in [0, 0.1) is 23.0 Å². The number of nitrogens with one attached hydrogen (secondary N) is 3. The summed E-state index contributed by atoms with van der Waals surface area (Å²) in [5.41, 5.74) is 0.0895.